The molecule has 1 aliphatic rings. The molecule has 1 atom stereocenters. The van der Waals surface area contributed by atoms with Crippen molar-refractivity contribution in [1.82, 2.24) is 0 Å². The average Bonchev–Trinajstić information content (AvgIpc) is 3.07. The van der Waals surface area contributed by atoms with Gasteiger partial charge in [0.2, 0.25) is 0 Å². The first-order valence-electron chi connectivity index (χ1n) is 11.0. The molecule has 0 bridgehead atoms. The summed E-state index contributed by atoms with van der Waals surface area (Å²) in [5, 5.41) is 9.21. The number of rotatable bonds is 17. The Bertz CT molecular complexity index is 354. The predicted molar refractivity (Wildman–Crippen MR) is 110 cm³/mol. The zero-order valence-corrected chi connectivity index (χ0v) is 16.8. The van der Waals surface area contributed by atoms with E-state index in [0.29, 0.717) is 0 Å². The SMILES string of the molecule is CCCCCCCCCCCCCCCC=C[N+]1(CCO)C=NCC1. The maximum Gasteiger partial charge on any atom is 0.190 e. The molecule has 1 rings (SSSR count). The molecule has 0 radical (unpaired) electrons. The molecular weight excluding hydrogens is 308 g/mol. The summed E-state index contributed by atoms with van der Waals surface area (Å²) in [5.41, 5.74) is 0. The Morgan fingerprint density at radius 3 is 1.92 bits per heavy atom. The van der Waals surface area contributed by atoms with Gasteiger partial charge in [0.25, 0.3) is 0 Å². The van der Waals surface area contributed by atoms with Crippen LogP contribution in [-0.4, -0.2) is 42.2 Å². The molecule has 1 aliphatic heterocycles. The van der Waals surface area contributed by atoms with Gasteiger partial charge in [-0.25, -0.2) is 4.99 Å². The molecule has 0 fully saturated rings. The molecule has 3 heteroatoms. The largest absolute Gasteiger partial charge is 0.390 e. The Morgan fingerprint density at radius 1 is 0.880 bits per heavy atom. The molecule has 0 aromatic carbocycles. The zero-order valence-electron chi connectivity index (χ0n) is 16.8. The number of allylic oxidation sites excluding steroid dienone is 1. The first-order valence-corrected chi connectivity index (χ1v) is 11.0. The summed E-state index contributed by atoms with van der Waals surface area (Å²) < 4.78 is 0.745. The molecule has 3 nitrogen and oxygen atoms in total. The van der Waals surface area contributed by atoms with Gasteiger partial charge in [-0.15, -0.1) is 0 Å². The van der Waals surface area contributed by atoms with Crippen LogP contribution >= 0.6 is 0 Å². The molecule has 146 valence electrons. The number of aliphatic hydroxyl groups is 1. The van der Waals surface area contributed by atoms with Crippen molar-refractivity contribution in [3.8, 4) is 0 Å². The number of hydrogen-bond acceptors (Lipinski definition) is 2. The van der Waals surface area contributed by atoms with Gasteiger partial charge in [0, 0.05) is 0 Å². The fourth-order valence-corrected chi connectivity index (χ4v) is 3.63. The normalized spacial score (nSPS) is 20.1. The monoisotopic (exact) mass is 351 g/mol. The lowest BCUT2D eigenvalue weighted by atomic mass is 10.0. The zero-order chi connectivity index (χ0) is 18.1. The van der Waals surface area contributed by atoms with E-state index in [1.807, 2.05) is 6.34 Å². The van der Waals surface area contributed by atoms with Crippen LogP contribution < -0.4 is 0 Å². The molecule has 0 aliphatic carbocycles. The highest BCUT2D eigenvalue weighted by Crippen LogP contribution is 2.14. The van der Waals surface area contributed by atoms with Crippen molar-refractivity contribution < 1.29 is 9.59 Å². The average molecular weight is 352 g/mol. The van der Waals surface area contributed by atoms with E-state index in [1.54, 1.807) is 0 Å². The Kier molecular flexibility index (Phi) is 13.9. The summed E-state index contributed by atoms with van der Waals surface area (Å²) in [5.74, 6) is 0. The quantitative estimate of drug-likeness (QED) is 0.259. The van der Waals surface area contributed by atoms with E-state index in [0.717, 1.165) is 30.5 Å². The summed E-state index contributed by atoms with van der Waals surface area (Å²) >= 11 is 0. The van der Waals surface area contributed by atoms with E-state index in [2.05, 4.69) is 24.2 Å². The maximum atomic E-state index is 9.21. The summed E-state index contributed by atoms with van der Waals surface area (Å²) in [6.45, 7) is 5.18. The highest BCUT2D eigenvalue weighted by molar-refractivity contribution is 5.49. The Hall–Kier alpha value is -0.670. The summed E-state index contributed by atoms with van der Waals surface area (Å²) in [4.78, 5) is 4.33. The minimum atomic E-state index is 0.231. The molecule has 0 aromatic rings. The molecule has 0 aromatic heterocycles. The predicted octanol–water partition coefficient (Wildman–Crippen LogP) is 5.83. The lowest BCUT2D eigenvalue weighted by Gasteiger charge is -2.24. The molecule has 0 saturated carbocycles. The Morgan fingerprint density at radius 2 is 1.44 bits per heavy atom. The Balaban J connectivity index is 1.86. The van der Waals surface area contributed by atoms with Crippen molar-refractivity contribution in [2.75, 3.05) is 26.2 Å². The van der Waals surface area contributed by atoms with E-state index < -0.39 is 0 Å². The highest BCUT2D eigenvalue weighted by Gasteiger charge is 2.25. The minimum absolute atomic E-state index is 0.231. The van der Waals surface area contributed by atoms with Crippen LogP contribution in [0.5, 0.6) is 0 Å². The fourth-order valence-electron chi connectivity index (χ4n) is 3.63. The van der Waals surface area contributed by atoms with Gasteiger partial charge in [0.1, 0.15) is 13.1 Å². The Labute approximate surface area is 156 Å². The molecule has 0 amide bonds. The molecule has 1 N–H and O–H groups in total. The number of nitrogens with zero attached hydrogens (tertiary/aromatic N) is 2. The van der Waals surface area contributed by atoms with E-state index in [9.17, 15) is 5.11 Å². The van der Waals surface area contributed by atoms with Gasteiger partial charge in [0.05, 0.1) is 19.4 Å². The van der Waals surface area contributed by atoms with Crippen LogP contribution in [0.25, 0.3) is 0 Å². The van der Waals surface area contributed by atoms with Crippen molar-refractivity contribution in [3.63, 3.8) is 0 Å². The number of quaternary nitrogens is 1. The fraction of sp³-hybridized carbons (Fsp3) is 0.864. The second kappa shape index (κ2) is 15.6. The van der Waals surface area contributed by atoms with Gasteiger partial charge in [-0.2, -0.15) is 0 Å². The van der Waals surface area contributed by atoms with Gasteiger partial charge < -0.3 is 5.11 Å². The molecular formula is C22H43N2O+. The first-order chi connectivity index (χ1) is 12.3. The molecule has 0 saturated heterocycles. The van der Waals surface area contributed by atoms with Gasteiger partial charge >= 0.3 is 0 Å². The molecule has 25 heavy (non-hydrogen) atoms. The smallest absolute Gasteiger partial charge is 0.190 e. The number of aliphatic imine (C=N–C) groups is 1. The second-order valence-corrected chi connectivity index (χ2v) is 7.71. The van der Waals surface area contributed by atoms with Crippen LogP contribution in [0.3, 0.4) is 0 Å². The summed E-state index contributed by atoms with van der Waals surface area (Å²) in [6, 6.07) is 0. The second-order valence-electron chi connectivity index (χ2n) is 7.71. The van der Waals surface area contributed by atoms with Crippen molar-refractivity contribution >= 4 is 6.34 Å². The van der Waals surface area contributed by atoms with Crippen LogP contribution in [0.4, 0.5) is 0 Å². The topological polar surface area (TPSA) is 32.6 Å². The third kappa shape index (κ3) is 11.5. The minimum Gasteiger partial charge on any atom is -0.390 e. The number of aliphatic hydroxyl groups excluding tert-OH is 1. The molecule has 1 heterocycles. The maximum absolute atomic E-state index is 9.21. The standard InChI is InChI=1S/C22H43N2O/c1-2-3-4-5-6-7-8-9-10-11-12-13-14-15-16-18-24(20-21-25)19-17-23-22-24/h16,18,22,25H,2-15,17,19-21H2,1H3/q+1. The highest BCUT2D eigenvalue weighted by atomic mass is 16.3. The number of unbranched alkanes of at least 4 members (excludes halogenated alkanes) is 13. The van der Waals surface area contributed by atoms with E-state index in [-0.39, 0.29) is 6.61 Å². The number of hydrogen-bond donors (Lipinski definition) is 1. The first kappa shape index (κ1) is 22.4. The van der Waals surface area contributed by atoms with Crippen molar-refractivity contribution in [2.24, 2.45) is 4.99 Å². The van der Waals surface area contributed by atoms with Crippen molar-refractivity contribution in [1.29, 1.82) is 0 Å². The van der Waals surface area contributed by atoms with Crippen LogP contribution in [0.2, 0.25) is 0 Å². The lowest BCUT2D eigenvalue weighted by molar-refractivity contribution is -0.775. The third-order valence-corrected chi connectivity index (χ3v) is 5.35. The van der Waals surface area contributed by atoms with Gasteiger partial charge in [-0.3, -0.25) is 4.48 Å². The van der Waals surface area contributed by atoms with Crippen LogP contribution in [-0.2, 0) is 0 Å². The van der Waals surface area contributed by atoms with E-state index in [4.69, 9.17) is 0 Å². The molecule has 1 unspecified atom stereocenters. The lowest BCUT2D eigenvalue weighted by Crippen LogP contribution is -2.42. The van der Waals surface area contributed by atoms with Crippen LogP contribution in [0.1, 0.15) is 96.8 Å². The van der Waals surface area contributed by atoms with Crippen molar-refractivity contribution in [3.05, 3.63) is 12.3 Å². The summed E-state index contributed by atoms with van der Waals surface area (Å²) in [7, 11) is 0. The van der Waals surface area contributed by atoms with E-state index in [1.165, 1.54) is 83.5 Å². The van der Waals surface area contributed by atoms with Crippen LogP contribution in [0.15, 0.2) is 17.3 Å². The summed E-state index contributed by atoms with van der Waals surface area (Å²) in [6.07, 6.45) is 26.0. The van der Waals surface area contributed by atoms with E-state index >= 15 is 0 Å². The third-order valence-electron chi connectivity index (χ3n) is 5.35. The van der Waals surface area contributed by atoms with Gasteiger partial charge in [0.15, 0.2) is 6.34 Å². The van der Waals surface area contributed by atoms with Gasteiger partial charge in [-0.1, -0.05) is 84.0 Å². The molecule has 0 spiro atoms. The van der Waals surface area contributed by atoms with Gasteiger partial charge in [-0.05, 0) is 18.9 Å². The van der Waals surface area contributed by atoms with Crippen molar-refractivity contribution in [2.45, 2.75) is 96.8 Å². The van der Waals surface area contributed by atoms with Crippen LogP contribution in [0, 0.1) is 0 Å².